The third-order valence-electron chi connectivity index (χ3n) is 0.927. The van der Waals surface area contributed by atoms with Gasteiger partial charge in [-0.3, -0.25) is 0 Å². The highest BCUT2D eigenvalue weighted by atomic mass is 14.1. The van der Waals surface area contributed by atoms with Gasteiger partial charge < -0.3 is 0 Å². The summed E-state index contributed by atoms with van der Waals surface area (Å²) in [6.07, 6.45) is 2.22. The molecule has 0 aromatic heterocycles. The van der Waals surface area contributed by atoms with Gasteiger partial charge in [-0.15, -0.1) is 0 Å². The van der Waals surface area contributed by atoms with Crippen molar-refractivity contribution in [2.45, 2.75) is 40.5 Å². The minimum atomic E-state index is 0.432. The van der Waals surface area contributed by atoms with E-state index in [1.807, 2.05) is 0 Å². The Balaban J connectivity index is 3.11. The van der Waals surface area contributed by atoms with Gasteiger partial charge in [-0.05, 0) is 11.8 Å². The monoisotopic (exact) mass is 102 g/mol. The lowest BCUT2D eigenvalue weighted by atomic mass is 9.91. The first-order valence-corrected chi connectivity index (χ1v) is 2.85. The van der Waals surface area contributed by atoms with E-state index in [2.05, 4.69) is 20.8 Å². The maximum absolute atomic E-state index is 6.88. The molecular weight excluding hydrogens is 84.1 g/mol. The van der Waals surface area contributed by atoms with E-state index < -0.39 is 0 Å². The quantitative estimate of drug-likeness (QED) is 0.477. The van der Waals surface area contributed by atoms with Crippen molar-refractivity contribution in [2.75, 3.05) is 0 Å². The van der Waals surface area contributed by atoms with Crippen LogP contribution >= 0.6 is 0 Å². The second kappa shape index (κ2) is 2.34. The molecule has 0 aliphatic rings. The second-order valence-corrected chi connectivity index (χ2v) is 3.16. The van der Waals surface area contributed by atoms with Gasteiger partial charge in [0.15, 0.2) is 0 Å². The van der Waals surface area contributed by atoms with Crippen LogP contribution in [-0.2, 0) is 0 Å². The molecular formula is C7H16. The molecule has 0 fully saturated rings. The topological polar surface area (TPSA) is 0 Å². The Hall–Kier alpha value is 0. The second-order valence-electron chi connectivity index (χ2n) is 3.16. The van der Waals surface area contributed by atoms with Crippen LogP contribution in [0.3, 0.4) is 0 Å². The summed E-state index contributed by atoms with van der Waals surface area (Å²) < 4.78 is 6.88. The average Bonchev–Trinajstić information content (AvgIpc) is 1.59. The van der Waals surface area contributed by atoms with Gasteiger partial charge in [0.2, 0.25) is 0 Å². The van der Waals surface area contributed by atoms with Crippen LogP contribution in [0.5, 0.6) is 0 Å². The molecule has 0 aliphatic heterocycles. The minimum absolute atomic E-state index is 0.432. The van der Waals surface area contributed by atoms with Crippen LogP contribution in [0.2, 0.25) is 0 Å². The number of hydrogen-bond acceptors (Lipinski definition) is 0. The van der Waals surface area contributed by atoms with Crippen molar-refractivity contribution < 1.29 is 1.37 Å². The zero-order valence-electron chi connectivity index (χ0n) is 6.62. The summed E-state index contributed by atoms with van der Waals surface area (Å²) in [5.74, 6) is 0. The highest BCUT2D eigenvalue weighted by molar-refractivity contribution is 4.58. The van der Waals surface area contributed by atoms with Gasteiger partial charge in [0.25, 0.3) is 0 Å². The number of rotatable bonds is 1. The van der Waals surface area contributed by atoms with E-state index in [9.17, 15) is 0 Å². The zero-order valence-corrected chi connectivity index (χ0v) is 5.62. The Kier molecular flexibility index (Phi) is 1.72. The third-order valence-corrected chi connectivity index (χ3v) is 0.927. The Bertz CT molecular complexity index is 51.9. The van der Waals surface area contributed by atoms with Crippen molar-refractivity contribution in [3.8, 4) is 0 Å². The van der Waals surface area contributed by atoms with Crippen LogP contribution in [0.4, 0.5) is 0 Å². The van der Waals surface area contributed by atoms with Crippen molar-refractivity contribution in [3.63, 3.8) is 0 Å². The van der Waals surface area contributed by atoms with E-state index in [1.165, 1.54) is 6.42 Å². The Morgan fingerprint density at radius 2 is 2.00 bits per heavy atom. The van der Waals surface area contributed by atoms with Crippen molar-refractivity contribution in [2.24, 2.45) is 5.41 Å². The summed E-state index contributed by atoms with van der Waals surface area (Å²) in [7, 11) is 0. The van der Waals surface area contributed by atoms with E-state index >= 15 is 0 Å². The summed E-state index contributed by atoms with van der Waals surface area (Å²) in [5, 5.41) is 0. The molecule has 0 radical (unpaired) electrons. The lowest BCUT2D eigenvalue weighted by molar-refractivity contribution is 0.373. The first-order valence-electron chi connectivity index (χ1n) is 3.56. The van der Waals surface area contributed by atoms with Crippen molar-refractivity contribution in [1.82, 2.24) is 0 Å². The van der Waals surface area contributed by atoms with Gasteiger partial charge in [-0.25, -0.2) is 0 Å². The van der Waals surface area contributed by atoms with E-state index in [0.29, 0.717) is 12.3 Å². The molecule has 7 heavy (non-hydrogen) atoms. The molecule has 0 heterocycles. The summed E-state index contributed by atoms with van der Waals surface area (Å²) in [4.78, 5) is 0. The third kappa shape index (κ3) is 6.00. The molecule has 0 N–H and O–H groups in total. The SMILES string of the molecule is [3H]CCCC(C)(C)C. The van der Waals surface area contributed by atoms with Gasteiger partial charge in [0.1, 0.15) is 0 Å². The lowest BCUT2D eigenvalue weighted by Crippen LogP contribution is -2.02. The van der Waals surface area contributed by atoms with Crippen LogP contribution < -0.4 is 0 Å². The molecule has 0 nitrogen and oxygen atoms in total. The zero-order chi connectivity index (χ0) is 6.62. The summed E-state index contributed by atoms with van der Waals surface area (Å²) in [6, 6.07) is 0. The summed E-state index contributed by atoms with van der Waals surface area (Å²) in [6.45, 7) is 7.21. The molecule has 0 heteroatoms. The molecule has 0 saturated heterocycles. The molecule has 0 amide bonds. The fourth-order valence-corrected chi connectivity index (χ4v) is 0.530. The van der Waals surface area contributed by atoms with E-state index in [0.717, 1.165) is 6.42 Å². The molecule has 0 aliphatic carbocycles. The molecule has 0 bridgehead atoms. The van der Waals surface area contributed by atoms with Crippen LogP contribution in [0.1, 0.15) is 41.9 Å². The largest absolute Gasteiger partial charge is 0.0654 e. The molecule has 0 aromatic carbocycles. The van der Waals surface area contributed by atoms with Gasteiger partial charge in [-0.1, -0.05) is 34.1 Å². The van der Waals surface area contributed by atoms with Gasteiger partial charge >= 0.3 is 0 Å². The highest BCUT2D eigenvalue weighted by Gasteiger charge is 2.06. The van der Waals surface area contributed by atoms with Crippen LogP contribution in [-0.4, -0.2) is 0 Å². The van der Waals surface area contributed by atoms with Gasteiger partial charge in [0.05, 0.1) is 0 Å². The predicted octanol–water partition coefficient (Wildman–Crippen LogP) is 2.83. The van der Waals surface area contributed by atoms with Gasteiger partial charge in [-0.2, -0.15) is 0 Å². The predicted molar refractivity (Wildman–Crippen MR) is 34.4 cm³/mol. The Morgan fingerprint density at radius 1 is 1.43 bits per heavy atom. The molecule has 0 rings (SSSR count). The fourth-order valence-electron chi connectivity index (χ4n) is 0.530. The molecule has 0 spiro atoms. The van der Waals surface area contributed by atoms with Crippen LogP contribution in [0.15, 0.2) is 0 Å². The summed E-state index contributed by atoms with van der Waals surface area (Å²) in [5.41, 5.74) is 0.432. The van der Waals surface area contributed by atoms with E-state index in [4.69, 9.17) is 1.37 Å². The lowest BCUT2D eigenvalue weighted by Gasteiger charge is -2.15. The maximum Gasteiger partial charge on any atom is 0.0230 e. The first-order chi connectivity index (χ1) is 3.56. The standard InChI is InChI=1S/C7H16/c1-5-6-7(2,3)4/h5-6H2,1-4H3/i1T. The van der Waals surface area contributed by atoms with Gasteiger partial charge in [0, 0.05) is 1.37 Å². The Morgan fingerprint density at radius 3 is 2.14 bits per heavy atom. The Labute approximate surface area is 48.3 Å². The molecule has 0 atom stereocenters. The average molecular weight is 102 g/mol. The minimum Gasteiger partial charge on any atom is -0.0654 e. The molecule has 0 saturated carbocycles. The molecule has 0 unspecified atom stereocenters. The van der Waals surface area contributed by atoms with E-state index in [1.54, 1.807) is 0 Å². The number of hydrogen-bond donors (Lipinski definition) is 0. The summed E-state index contributed by atoms with van der Waals surface area (Å²) >= 11 is 0. The smallest absolute Gasteiger partial charge is 0.0230 e. The highest BCUT2D eigenvalue weighted by Crippen LogP contribution is 2.19. The maximum atomic E-state index is 6.88. The van der Waals surface area contributed by atoms with Crippen LogP contribution in [0.25, 0.3) is 0 Å². The van der Waals surface area contributed by atoms with Crippen molar-refractivity contribution in [1.29, 1.82) is 0 Å². The van der Waals surface area contributed by atoms with E-state index in [-0.39, 0.29) is 0 Å². The molecule has 44 valence electrons. The van der Waals surface area contributed by atoms with Crippen molar-refractivity contribution >= 4 is 0 Å². The fraction of sp³-hybridized carbons (Fsp3) is 1.00. The normalized spacial score (nSPS) is 13.9. The van der Waals surface area contributed by atoms with Crippen molar-refractivity contribution in [3.05, 3.63) is 0 Å². The molecule has 0 aromatic rings. The van der Waals surface area contributed by atoms with Crippen LogP contribution in [0, 0.1) is 5.41 Å². The first kappa shape index (κ1) is 5.14.